The third-order valence-electron chi connectivity index (χ3n) is 2.70. The summed E-state index contributed by atoms with van der Waals surface area (Å²) < 4.78 is 32.8. The smallest absolute Gasteiger partial charge is 0.324 e. The van der Waals surface area contributed by atoms with Gasteiger partial charge in [0.25, 0.3) is 0 Å². The van der Waals surface area contributed by atoms with E-state index >= 15 is 0 Å². The van der Waals surface area contributed by atoms with E-state index in [9.17, 15) is 13.2 Å². The van der Waals surface area contributed by atoms with Crippen LogP contribution in [0.15, 0.2) is 33.6 Å². The van der Waals surface area contributed by atoms with Crippen LogP contribution in [0.2, 0.25) is 0 Å². The van der Waals surface area contributed by atoms with Gasteiger partial charge in [0, 0.05) is 4.47 Å². The van der Waals surface area contributed by atoms with Crippen molar-refractivity contribution in [2.24, 2.45) is 5.92 Å². The molecule has 0 aliphatic carbocycles. The number of ether oxygens (including phenoxy) is 1. The van der Waals surface area contributed by atoms with Crippen molar-refractivity contribution in [3.8, 4) is 0 Å². The highest BCUT2D eigenvalue weighted by atomic mass is 79.9. The summed E-state index contributed by atoms with van der Waals surface area (Å²) in [6.45, 7) is 5.74. The van der Waals surface area contributed by atoms with E-state index in [0.717, 1.165) is 4.47 Å². The summed E-state index contributed by atoms with van der Waals surface area (Å²) in [7, 11) is -3.76. The zero-order valence-electron chi connectivity index (χ0n) is 12.3. The van der Waals surface area contributed by atoms with Gasteiger partial charge in [-0.05, 0) is 43.5 Å². The van der Waals surface area contributed by atoms with Crippen LogP contribution in [0.5, 0.6) is 0 Å². The Morgan fingerprint density at radius 2 is 1.86 bits per heavy atom. The fourth-order valence-corrected chi connectivity index (χ4v) is 3.24. The van der Waals surface area contributed by atoms with Gasteiger partial charge in [-0.3, -0.25) is 4.79 Å². The van der Waals surface area contributed by atoms with E-state index in [4.69, 9.17) is 4.74 Å². The maximum absolute atomic E-state index is 12.3. The van der Waals surface area contributed by atoms with Crippen LogP contribution in [0.3, 0.4) is 0 Å². The van der Waals surface area contributed by atoms with Gasteiger partial charge in [-0.2, -0.15) is 4.72 Å². The monoisotopic (exact) mass is 377 g/mol. The van der Waals surface area contributed by atoms with Gasteiger partial charge in [0.1, 0.15) is 6.04 Å². The minimum absolute atomic E-state index is 0.115. The lowest BCUT2D eigenvalue weighted by atomic mass is 10.1. The summed E-state index contributed by atoms with van der Waals surface area (Å²) in [5.41, 5.74) is 0. The average Bonchev–Trinajstić information content (AvgIpc) is 2.38. The molecule has 0 aliphatic heterocycles. The molecule has 0 amide bonds. The van der Waals surface area contributed by atoms with Crippen LogP contribution in [-0.2, 0) is 19.6 Å². The molecule has 0 heterocycles. The molecule has 1 rings (SSSR count). The third-order valence-corrected chi connectivity index (χ3v) is 4.72. The number of hydrogen-bond acceptors (Lipinski definition) is 4. The van der Waals surface area contributed by atoms with Gasteiger partial charge in [-0.1, -0.05) is 29.8 Å². The van der Waals surface area contributed by atoms with Crippen molar-refractivity contribution in [3.05, 3.63) is 28.7 Å². The highest BCUT2D eigenvalue weighted by Crippen LogP contribution is 2.16. The fourth-order valence-electron chi connectivity index (χ4n) is 1.78. The lowest BCUT2D eigenvalue weighted by Gasteiger charge is -2.19. The van der Waals surface area contributed by atoms with Gasteiger partial charge in [0.15, 0.2) is 0 Å². The second-order valence-corrected chi connectivity index (χ2v) is 7.64. The van der Waals surface area contributed by atoms with E-state index in [1.807, 2.05) is 13.8 Å². The second-order valence-electron chi connectivity index (χ2n) is 5.01. The first-order valence-electron chi connectivity index (χ1n) is 6.70. The molecule has 1 aromatic carbocycles. The summed E-state index contributed by atoms with van der Waals surface area (Å²) >= 11 is 3.25. The lowest BCUT2D eigenvalue weighted by molar-refractivity contribution is -0.145. The number of rotatable bonds is 7. The zero-order chi connectivity index (χ0) is 16.0. The maximum atomic E-state index is 12.3. The number of sulfonamides is 1. The quantitative estimate of drug-likeness (QED) is 0.741. The second kappa shape index (κ2) is 7.91. The molecule has 1 N–H and O–H groups in total. The van der Waals surface area contributed by atoms with Crippen molar-refractivity contribution in [2.75, 3.05) is 6.61 Å². The molecule has 0 unspecified atom stereocenters. The molecule has 0 bridgehead atoms. The van der Waals surface area contributed by atoms with Crippen molar-refractivity contribution >= 4 is 31.9 Å². The molecule has 0 radical (unpaired) electrons. The van der Waals surface area contributed by atoms with Crippen molar-refractivity contribution in [1.82, 2.24) is 4.72 Å². The van der Waals surface area contributed by atoms with Crippen LogP contribution in [0.4, 0.5) is 0 Å². The third kappa shape index (κ3) is 5.76. The molecule has 1 atom stereocenters. The molecule has 0 saturated heterocycles. The van der Waals surface area contributed by atoms with Crippen molar-refractivity contribution in [3.63, 3.8) is 0 Å². The summed E-state index contributed by atoms with van der Waals surface area (Å²) in [6, 6.07) is 5.35. The topological polar surface area (TPSA) is 72.5 Å². The van der Waals surface area contributed by atoms with E-state index in [-0.39, 0.29) is 17.4 Å². The first-order valence-corrected chi connectivity index (χ1v) is 8.98. The predicted molar refractivity (Wildman–Crippen MR) is 84.3 cm³/mol. The maximum Gasteiger partial charge on any atom is 0.324 e. The van der Waals surface area contributed by atoms with Gasteiger partial charge in [0.05, 0.1) is 11.5 Å². The van der Waals surface area contributed by atoms with E-state index in [0.29, 0.717) is 6.42 Å². The molecule has 21 heavy (non-hydrogen) atoms. The van der Waals surface area contributed by atoms with Crippen LogP contribution in [0.25, 0.3) is 0 Å². The largest absolute Gasteiger partial charge is 0.465 e. The number of halogens is 1. The SMILES string of the molecule is CCOC(=O)[C@@H](CC(C)C)NS(=O)(=O)c1ccc(Br)cc1. The van der Waals surface area contributed by atoms with Gasteiger partial charge in [-0.15, -0.1) is 0 Å². The Kier molecular flexibility index (Phi) is 6.83. The zero-order valence-corrected chi connectivity index (χ0v) is 14.7. The number of hydrogen-bond donors (Lipinski definition) is 1. The van der Waals surface area contributed by atoms with Gasteiger partial charge in [-0.25, -0.2) is 8.42 Å². The Morgan fingerprint density at radius 1 is 1.29 bits per heavy atom. The van der Waals surface area contributed by atoms with Crippen LogP contribution in [0, 0.1) is 5.92 Å². The predicted octanol–water partition coefficient (Wildman–Crippen LogP) is 2.71. The Balaban J connectivity index is 2.95. The minimum atomic E-state index is -3.76. The number of benzene rings is 1. The van der Waals surface area contributed by atoms with Crippen molar-refractivity contribution < 1.29 is 17.9 Å². The van der Waals surface area contributed by atoms with Crippen molar-refractivity contribution in [2.45, 2.75) is 38.1 Å². The Hall–Kier alpha value is -0.920. The summed E-state index contributed by atoms with van der Waals surface area (Å²) in [4.78, 5) is 12.0. The molecule has 7 heteroatoms. The highest BCUT2D eigenvalue weighted by Gasteiger charge is 2.27. The van der Waals surface area contributed by atoms with Crippen LogP contribution in [0.1, 0.15) is 27.2 Å². The first-order chi connectivity index (χ1) is 9.76. The molecule has 1 aromatic rings. The molecule has 0 aromatic heterocycles. The van der Waals surface area contributed by atoms with E-state index in [1.54, 1.807) is 19.1 Å². The van der Waals surface area contributed by atoms with Gasteiger partial charge < -0.3 is 4.74 Å². The molecule has 0 aliphatic rings. The molecule has 0 saturated carbocycles. The van der Waals surface area contributed by atoms with Crippen LogP contribution < -0.4 is 4.72 Å². The fraction of sp³-hybridized carbons (Fsp3) is 0.500. The lowest BCUT2D eigenvalue weighted by Crippen LogP contribution is -2.42. The number of nitrogens with one attached hydrogen (secondary N) is 1. The highest BCUT2D eigenvalue weighted by molar-refractivity contribution is 9.10. The molecular formula is C14H20BrNO4S. The Labute approximate surface area is 134 Å². The number of esters is 1. The summed E-state index contributed by atoms with van der Waals surface area (Å²) in [5.74, 6) is -0.390. The minimum Gasteiger partial charge on any atom is -0.465 e. The van der Waals surface area contributed by atoms with E-state index < -0.39 is 22.0 Å². The number of carbonyl (C=O) groups is 1. The van der Waals surface area contributed by atoms with Crippen LogP contribution in [-0.4, -0.2) is 27.0 Å². The summed E-state index contributed by atoms with van der Waals surface area (Å²) in [5, 5.41) is 0. The number of carbonyl (C=O) groups excluding carboxylic acids is 1. The standard InChI is InChI=1S/C14H20BrNO4S/c1-4-20-14(17)13(9-10(2)3)16-21(18,19)12-7-5-11(15)6-8-12/h5-8,10,13,16H,4,9H2,1-3H3/t13-/m1/s1. The summed E-state index contributed by atoms with van der Waals surface area (Å²) in [6.07, 6.45) is 0.384. The Bertz CT molecular complexity index is 569. The van der Waals surface area contributed by atoms with Gasteiger partial charge in [0.2, 0.25) is 10.0 Å². The molecule has 5 nitrogen and oxygen atoms in total. The molecular weight excluding hydrogens is 358 g/mol. The van der Waals surface area contributed by atoms with Gasteiger partial charge >= 0.3 is 5.97 Å². The Morgan fingerprint density at radius 3 is 2.33 bits per heavy atom. The normalized spacial score (nSPS) is 13.2. The van der Waals surface area contributed by atoms with E-state index in [1.165, 1.54) is 12.1 Å². The first kappa shape index (κ1) is 18.1. The molecule has 0 spiro atoms. The van der Waals surface area contributed by atoms with E-state index in [2.05, 4.69) is 20.7 Å². The van der Waals surface area contributed by atoms with Crippen molar-refractivity contribution in [1.29, 1.82) is 0 Å². The molecule has 0 fully saturated rings. The van der Waals surface area contributed by atoms with Crippen LogP contribution >= 0.6 is 15.9 Å². The average molecular weight is 378 g/mol. The molecule has 118 valence electrons.